The number of aromatic nitrogens is 12. The van der Waals surface area contributed by atoms with Gasteiger partial charge in [0, 0.05) is 123 Å². The maximum Gasteiger partial charge on any atom is 0.232 e. The molecular formula is C115H94F10N12O6+6. The molecule has 0 bridgehead atoms. The first-order valence-corrected chi connectivity index (χ1v) is 45.8. The molecule has 0 saturated carbocycles. The van der Waals surface area contributed by atoms with Crippen molar-refractivity contribution in [3.8, 4) is 67.5 Å². The van der Waals surface area contributed by atoms with Crippen LogP contribution in [0.5, 0.6) is 0 Å². The van der Waals surface area contributed by atoms with Gasteiger partial charge < -0.3 is 26.5 Å². The van der Waals surface area contributed by atoms with Gasteiger partial charge in [-0.05, 0) is 217 Å². The van der Waals surface area contributed by atoms with E-state index in [0.29, 0.717) is 77.2 Å². The van der Waals surface area contributed by atoms with E-state index in [9.17, 15) is 43.9 Å². The molecule has 0 saturated heterocycles. The number of benzene rings is 6. The first-order valence-electron chi connectivity index (χ1n) is 45.8. The summed E-state index contributed by atoms with van der Waals surface area (Å²) in [7, 11) is 11.7. The highest BCUT2D eigenvalue weighted by Gasteiger charge is 2.32. The van der Waals surface area contributed by atoms with E-state index in [1.807, 2.05) is 231 Å². The lowest BCUT2D eigenvalue weighted by atomic mass is 9.97. The zero-order valence-electron chi connectivity index (χ0n) is 81.5. The van der Waals surface area contributed by atoms with Crippen molar-refractivity contribution in [2.45, 2.75) is 90.0 Å². The Bertz CT molecular complexity index is 9230. The highest BCUT2D eigenvalue weighted by molar-refractivity contribution is 6.15. The Hall–Kier alpha value is -16.8. The fraction of sp³-hybridized carbons (Fsp3) is 0.165. The molecule has 18 heterocycles. The normalized spacial score (nSPS) is 11.5. The van der Waals surface area contributed by atoms with E-state index >= 15 is 0 Å². The molecule has 0 amide bonds. The number of rotatable bonds is 6. The predicted molar refractivity (Wildman–Crippen MR) is 530 cm³/mol. The first kappa shape index (κ1) is 95.2. The van der Waals surface area contributed by atoms with Gasteiger partial charge in [-0.2, -0.15) is 56.2 Å². The summed E-state index contributed by atoms with van der Waals surface area (Å²) >= 11 is 0. The molecule has 24 rings (SSSR count). The summed E-state index contributed by atoms with van der Waals surface area (Å²) < 4.78 is 186. The summed E-state index contributed by atoms with van der Waals surface area (Å²) in [6.45, 7) is 25.2. The van der Waals surface area contributed by atoms with Crippen LogP contribution in [0.25, 0.3) is 200 Å². The second-order valence-electron chi connectivity index (χ2n) is 36.4. The molecular weight excluding hydrogens is 1840 g/mol. The number of nitrogens with zero attached hydrogens (tertiary/aromatic N) is 12. The van der Waals surface area contributed by atoms with Gasteiger partial charge in [0.25, 0.3) is 0 Å². The Morgan fingerprint density at radius 2 is 0.517 bits per heavy atom. The Balaban J connectivity index is 0.000000109. The number of aryl methyl sites for hydroxylation is 19. The third-order valence-electron chi connectivity index (χ3n) is 26.0. The standard InChI is InChI=1S/C20H18FN2O.4C19H15F2N2O.C19H16FN2O/c1-11-7-8-23(4)16(9-11)17-12(2)5-6-14-15-10-13(3)19(21)22-20(15)24-18(14)17;1-10-6-7-23(3)14(8-10)16-11(2)9-13(20)17-12-4-5-15(21)22-19(12)24-18(16)17;1-10-6-7-23(3)14(8-10)16-11(2)4-5-12-17-13(20)9-15(21)22-19(17)24-18(12)16;1-10-8-12(20)17-16-11(2)9-14(21)22-19(16)24-18(17)15(10)13-6-4-5-7-23(13)3;1-10-8-11(2)16-17-12(20)9-14(21)22-19(17)24-18(16)15(10)13-6-4-5-7-23(13)3;1-11-8-9-22(3)15(10-11)17-12(2)4-5-13-14-6-7-16(20)21-19(14)23-18(13)17/h5-10H,1-4H3;4*4-9H,1-3H3;4-10H,1-3H3/q6*+1. The third-order valence-corrected chi connectivity index (χ3v) is 26.0. The van der Waals surface area contributed by atoms with Crippen molar-refractivity contribution in [2.24, 2.45) is 42.3 Å². The van der Waals surface area contributed by atoms with Crippen LogP contribution in [-0.2, 0) is 42.3 Å². The van der Waals surface area contributed by atoms with Gasteiger partial charge in [-0.3, -0.25) is 0 Å². The third kappa shape index (κ3) is 17.4. The maximum absolute atomic E-state index is 14.7. The SMILES string of the molecule is Cc1cc(C)c2c(oc3nc(F)cc(F)c32)c1-c1cccc[n+]1C.Cc1cc(F)c2c(oc3nc(F)cc(C)c32)c1-c1cccc[n+]1C.Cc1cc[n+](C)c(-c2c(C)cc(F)c3c2oc2nc(F)ccc23)c1.Cc1cc[n+](C)c(-c2c(C)ccc3c2oc2nc(F)c(C)cc23)c1.Cc1cc[n+](C)c(-c2c(C)ccc3c2oc2nc(F)cc(F)c23)c1.Cc1cc[n+](C)c(-c2c(C)ccc3c2oc2nc(F)ccc23)c1. The number of halogens is 10. The van der Waals surface area contributed by atoms with Crippen LogP contribution in [0.3, 0.4) is 0 Å². The van der Waals surface area contributed by atoms with E-state index in [1.165, 1.54) is 47.5 Å². The molecule has 0 radical (unpaired) electrons. The fourth-order valence-electron chi connectivity index (χ4n) is 19.0. The molecule has 714 valence electrons. The summed E-state index contributed by atoms with van der Waals surface area (Å²) in [6, 6.07) is 55.4. The van der Waals surface area contributed by atoms with Gasteiger partial charge in [-0.15, -0.1) is 0 Å². The van der Waals surface area contributed by atoms with Crippen molar-refractivity contribution in [3.63, 3.8) is 0 Å². The maximum atomic E-state index is 14.7. The van der Waals surface area contributed by atoms with Crippen LogP contribution in [0, 0.1) is 149 Å². The summed E-state index contributed by atoms with van der Waals surface area (Å²) in [5.74, 6) is -6.19. The van der Waals surface area contributed by atoms with E-state index < -0.39 is 53.1 Å². The molecule has 0 aliphatic carbocycles. The number of fused-ring (bicyclic) bond motifs is 18. The second-order valence-corrected chi connectivity index (χ2v) is 36.4. The van der Waals surface area contributed by atoms with Crippen molar-refractivity contribution < 1.29 is 97.8 Å². The second kappa shape index (κ2) is 37.4. The first-order chi connectivity index (χ1) is 68.3. The van der Waals surface area contributed by atoms with Crippen molar-refractivity contribution in [3.05, 3.63) is 357 Å². The lowest BCUT2D eigenvalue weighted by Crippen LogP contribution is -2.30. The topological polar surface area (TPSA) is 179 Å². The zero-order chi connectivity index (χ0) is 101. The monoisotopic (exact) mass is 1930 g/mol. The molecule has 0 spiro atoms. The summed E-state index contributed by atoms with van der Waals surface area (Å²) in [4.78, 5) is 22.8. The molecule has 0 aliphatic rings. The van der Waals surface area contributed by atoms with Crippen molar-refractivity contribution in [1.82, 2.24) is 29.9 Å². The Morgan fingerprint density at radius 3 is 1.00 bits per heavy atom. The molecule has 24 aromatic rings. The van der Waals surface area contributed by atoms with Crippen molar-refractivity contribution >= 4 is 132 Å². The van der Waals surface area contributed by atoms with Crippen molar-refractivity contribution in [2.75, 3.05) is 0 Å². The lowest BCUT2D eigenvalue weighted by molar-refractivity contribution is -0.660. The van der Waals surface area contributed by atoms with Gasteiger partial charge in [-0.25, -0.2) is 45.0 Å². The Morgan fingerprint density at radius 1 is 0.196 bits per heavy atom. The van der Waals surface area contributed by atoms with Crippen LogP contribution in [0.15, 0.2) is 252 Å². The highest BCUT2D eigenvalue weighted by atomic mass is 19.2. The Labute approximate surface area is 812 Å². The van der Waals surface area contributed by atoms with Crippen molar-refractivity contribution in [1.29, 1.82) is 0 Å². The minimum atomic E-state index is -0.890. The van der Waals surface area contributed by atoms with Gasteiger partial charge in [0.15, 0.2) is 70.7 Å². The van der Waals surface area contributed by atoms with E-state index in [0.717, 1.165) is 162 Å². The molecule has 143 heavy (non-hydrogen) atoms. The van der Waals surface area contributed by atoms with E-state index in [1.54, 1.807) is 32.0 Å². The molecule has 0 atom stereocenters. The number of pyridine rings is 12. The van der Waals surface area contributed by atoms with Crippen LogP contribution in [-0.4, -0.2) is 29.9 Å². The smallest absolute Gasteiger partial charge is 0.232 e. The van der Waals surface area contributed by atoms with Crippen LogP contribution < -0.4 is 27.4 Å². The molecule has 0 unspecified atom stereocenters. The van der Waals surface area contributed by atoms with E-state index in [2.05, 4.69) is 103 Å². The average molecular weight is 1930 g/mol. The van der Waals surface area contributed by atoms with E-state index in [4.69, 9.17) is 26.5 Å². The van der Waals surface area contributed by atoms with Crippen LogP contribution in [0.1, 0.15) is 72.3 Å². The number of hydrogen-bond donors (Lipinski definition) is 0. The zero-order valence-corrected chi connectivity index (χ0v) is 81.5. The van der Waals surface area contributed by atoms with Crippen LogP contribution >= 0.6 is 0 Å². The fourth-order valence-corrected chi connectivity index (χ4v) is 19.0. The molecule has 18 nitrogen and oxygen atoms in total. The van der Waals surface area contributed by atoms with E-state index in [-0.39, 0.29) is 39.4 Å². The molecule has 0 fully saturated rings. The number of hydrogen-bond acceptors (Lipinski definition) is 12. The summed E-state index contributed by atoms with van der Waals surface area (Å²) in [6.07, 6.45) is 11.8. The van der Waals surface area contributed by atoms with Gasteiger partial charge in [0.2, 0.25) is 104 Å². The molecule has 6 aromatic carbocycles. The quantitative estimate of drug-likeness (QED) is 0.0875. The largest absolute Gasteiger partial charge is 0.437 e. The average Bonchev–Trinajstić information content (AvgIpc) is 1.44. The van der Waals surface area contributed by atoms with Gasteiger partial charge in [0.1, 0.15) is 65.6 Å². The molecule has 0 N–H and O–H groups in total. The lowest BCUT2D eigenvalue weighted by Gasteiger charge is -2.07. The highest BCUT2D eigenvalue weighted by Crippen LogP contribution is 2.46. The number of furan rings is 6. The molecule has 0 aliphatic heterocycles. The molecule has 18 aromatic heterocycles. The van der Waals surface area contributed by atoms with Gasteiger partial charge in [-0.1, -0.05) is 42.5 Å². The minimum Gasteiger partial charge on any atom is -0.437 e. The van der Waals surface area contributed by atoms with Gasteiger partial charge in [0.05, 0.1) is 65.7 Å². The molecule has 28 heteroatoms. The minimum absolute atomic E-state index is 0.0176. The van der Waals surface area contributed by atoms with Gasteiger partial charge >= 0.3 is 0 Å². The summed E-state index contributed by atoms with van der Waals surface area (Å²) in [5.41, 5.74) is 27.6. The van der Waals surface area contributed by atoms with Crippen LogP contribution in [0.2, 0.25) is 0 Å². The Kier molecular flexibility index (Phi) is 24.9. The van der Waals surface area contributed by atoms with Crippen LogP contribution in [0.4, 0.5) is 43.9 Å². The predicted octanol–water partition coefficient (Wildman–Crippen LogP) is 26.2. The summed E-state index contributed by atoms with van der Waals surface area (Å²) in [5, 5.41) is 6.93.